The summed E-state index contributed by atoms with van der Waals surface area (Å²) < 4.78 is 0. The largest absolute Gasteiger partial charge is 0.368 e. The number of nitrogens with one attached hydrogen (secondary N) is 1. The Morgan fingerprint density at radius 2 is 2.17 bits per heavy atom. The van der Waals surface area contributed by atoms with E-state index in [0.717, 1.165) is 25.2 Å². The van der Waals surface area contributed by atoms with Crippen LogP contribution in [0.5, 0.6) is 0 Å². The Balaban J connectivity index is 1.69. The molecular formula is C14H22N4. The molecule has 1 N–H and O–H groups in total. The smallest absolute Gasteiger partial charge is 0.132 e. The topological polar surface area (TPSA) is 41.0 Å². The third kappa shape index (κ3) is 2.34. The van der Waals surface area contributed by atoms with Crippen LogP contribution in [0, 0.1) is 0 Å². The van der Waals surface area contributed by atoms with E-state index >= 15 is 0 Å². The summed E-state index contributed by atoms with van der Waals surface area (Å²) in [4.78, 5) is 11.3. The number of nitrogens with zero attached hydrogens (tertiary/aromatic N) is 3. The zero-order valence-electron chi connectivity index (χ0n) is 11.2. The zero-order chi connectivity index (χ0) is 12.4. The summed E-state index contributed by atoms with van der Waals surface area (Å²) in [6.45, 7) is 2.24. The Hall–Kier alpha value is -1.16. The van der Waals surface area contributed by atoms with Gasteiger partial charge in [0.05, 0.1) is 0 Å². The number of rotatable bonds is 3. The average Bonchev–Trinajstić information content (AvgIpc) is 2.82. The van der Waals surface area contributed by atoms with Crippen molar-refractivity contribution >= 4 is 5.82 Å². The number of likely N-dealkylation sites (N-methyl/N-ethyl adjacent to an activating group) is 1. The van der Waals surface area contributed by atoms with Gasteiger partial charge in [-0.2, -0.15) is 0 Å². The van der Waals surface area contributed by atoms with Crippen LogP contribution in [0.4, 0.5) is 5.82 Å². The molecule has 4 nitrogen and oxygen atoms in total. The number of fused-ring (bicyclic) bond motifs is 1. The highest BCUT2D eigenvalue weighted by molar-refractivity contribution is 5.47. The predicted octanol–water partition coefficient (Wildman–Crippen LogP) is 1.86. The van der Waals surface area contributed by atoms with Crippen LogP contribution >= 0.6 is 0 Å². The van der Waals surface area contributed by atoms with Crippen LogP contribution in [0.2, 0.25) is 0 Å². The molecule has 0 spiro atoms. The van der Waals surface area contributed by atoms with Crippen LogP contribution in [0.1, 0.15) is 36.9 Å². The van der Waals surface area contributed by atoms with E-state index in [9.17, 15) is 0 Å². The van der Waals surface area contributed by atoms with Crippen LogP contribution in [-0.2, 0) is 12.8 Å². The van der Waals surface area contributed by atoms with E-state index in [0.29, 0.717) is 6.04 Å². The van der Waals surface area contributed by atoms with Gasteiger partial charge < -0.3 is 10.2 Å². The molecule has 4 heteroatoms. The maximum absolute atomic E-state index is 4.44. The summed E-state index contributed by atoms with van der Waals surface area (Å²) in [5.74, 6) is 1.08. The van der Waals surface area contributed by atoms with Crippen LogP contribution in [0.25, 0.3) is 0 Å². The van der Waals surface area contributed by atoms with Crippen LogP contribution < -0.4 is 5.32 Å². The van der Waals surface area contributed by atoms with Crippen LogP contribution in [0.15, 0.2) is 6.33 Å². The number of aryl methyl sites for hydroxylation is 1. The predicted molar refractivity (Wildman–Crippen MR) is 72.8 cm³/mol. The molecule has 1 atom stereocenters. The van der Waals surface area contributed by atoms with Crippen molar-refractivity contribution < 1.29 is 0 Å². The molecular weight excluding hydrogens is 224 g/mol. The van der Waals surface area contributed by atoms with Gasteiger partial charge in [-0.3, -0.25) is 0 Å². The first-order valence-electron chi connectivity index (χ1n) is 7.11. The molecule has 2 heterocycles. The summed E-state index contributed by atoms with van der Waals surface area (Å²) in [6.07, 6.45) is 9.15. The average molecular weight is 246 g/mol. The maximum Gasteiger partial charge on any atom is 0.132 e. The Labute approximate surface area is 109 Å². The zero-order valence-corrected chi connectivity index (χ0v) is 11.2. The van der Waals surface area contributed by atoms with Gasteiger partial charge in [0, 0.05) is 23.8 Å². The molecule has 1 aromatic rings. The highest BCUT2D eigenvalue weighted by Crippen LogP contribution is 2.25. The van der Waals surface area contributed by atoms with Crippen molar-refractivity contribution in [2.45, 2.75) is 44.6 Å². The first kappa shape index (κ1) is 11.9. The Morgan fingerprint density at radius 3 is 3.00 bits per heavy atom. The van der Waals surface area contributed by atoms with E-state index in [2.05, 4.69) is 27.2 Å². The van der Waals surface area contributed by atoms with E-state index in [1.165, 1.54) is 43.5 Å². The van der Waals surface area contributed by atoms with Gasteiger partial charge >= 0.3 is 0 Å². The van der Waals surface area contributed by atoms with Crippen molar-refractivity contribution in [2.24, 2.45) is 0 Å². The standard InChI is InChI=1S/C14H22N4/c1-18-8-4-5-11(18)9-15-14-12-6-2-3-7-13(12)16-10-17-14/h10-11H,2-9H2,1H3,(H,15,16,17). The number of aromatic nitrogens is 2. The molecule has 1 fully saturated rings. The number of hydrogen-bond acceptors (Lipinski definition) is 4. The molecule has 0 bridgehead atoms. The lowest BCUT2D eigenvalue weighted by molar-refractivity contribution is 0.322. The molecule has 0 saturated carbocycles. The van der Waals surface area contributed by atoms with E-state index < -0.39 is 0 Å². The van der Waals surface area contributed by atoms with Crippen molar-refractivity contribution in [3.8, 4) is 0 Å². The summed E-state index contributed by atoms with van der Waals surface area (Å²) >= 11 is 0. The third-order valence-corrected chi connectivity index (χ3v) is 4.30. The highest BCUT2D eigenvalue weighted by Gasteiger charge is 2.21. The molecule has 0 aromatic carbocycles. The molecule has 0 radical (unpaired) electrons. The normalized spacial score (nSPS) is 23.9. The SMILES string of the molecule is CN1CCCC1CNc1ncnc2c1CCCC2. The fraction of sp³-hybridized carbons (Fsp3) is 0.714. The van der Waals surface area contributed by atoms with Crippen molar-refractivity contribution in [2.75, 3.05) is 25.5 Å². The number of likely N-dealkylation sites (tertiary alicyclic amines) is 1. The molecule has 2 aliphatic rings. The summed E-state index contributed by atoms with van der Waals surface area (Å²) in [7, 11) is 2.22. The van der Waals surface area contributed by atoms with Gasteiger partial charge in [-0.1, -0.05) is 0 Å². The molecule has 1 aliphatic heterocycles. The number of hydrogen-bond donors (Lipinski definition) is 1. The second-order valence-electron chi connectivity index (χ2n) is 5.51. The van der Waals surface area contributed by atoms with Gasteiger partial charge in [0.2, 0.25) is 0 Å². The van der Waals surface area contributed by atoms with Crippen LogP contribution in [-0.4, -0.2) is 41.0 Å². The monoisotopic (exact) mass is 246 g/mol. The minimum absolute atomic E-state index is 0.666. The minimum Gasteiger partial charge on any atom is -0.368 e. The molecule has 1 aliphatic carbocycles. The van der Waals surface area contributed by atoms with Crippen LogP contribution in [0.3, 0.4) is 0 Å². The summed E-state index contributed by atoms with van der Waals surface area (Å²) in [5, 5.41) is 3.55. The van der Waals surface area contributed by atoms with Gasteiger partial charge in [-0.05, 0) is 52.1 Å². The van der Waals surface area contributed by atoms with Crippen molar-refractivity contribution in [3.05, 3.63) is 17.6 Å². The minimum atomic E-state index is 0.666. The van der Waals surface area contributed by atoms with Crippen molar-refractivity contribution in [1.29, 1.82) is 0 Å². The Bertz CT molecular complexity index is 418. The second-order valence-corrected chi connectivity index (χ2v) is 5.51. The van der Waals surface area contributed by atoms with E-state index in [-0.39, 0.29) is 0 Å². The third-order valence-electron chi connectivity index (χ3n) is 4.30. The first-order chi connectivity index (χ1) is 8.84. The van der Waals surface area contributed by atoms with Gasteiger partial charge in [-0.25, -0.2) is 9.97 Å². The molecule has 18 heavy (non-hydrogen) atoms. The van der Waals surface area contributed by atoms with Gasteiger partial charge in [0.25, 0.3) is 0 Å². The molecule has 1 aromatic heterocycles. The maximum atomic E-state index is 4.44. The van der Waals surface area contributed by atoms with E-state index in [1.54, 1.807) is 6.33 Å². The molecule has 1 saturated heterocycles. The Kier molecular flexibility index (Phi) is 3.46. The second kappa shape index (κ2) is 5.22. The summed E-state index contributed by atoms with van der Waals surface area (Å²) in [6, 6.07) is 0.666. The molecule has 0 amide bonds. The highest BCUT2D eigenvalue weighted by atomic mass is 15.2. The summed E-state index contributed by atoms with van der Waals surface area (Å²) in [5.41, 5.74) is 2.63. The lowest BCUT2D eigenvalue weighted by Gasteiger charge is -2.22. The quantitative estimate of drug-likeness (QED) is 0.884. The van der Waals surface area contributed by atoms with E-state index in [4.69, 9.17) is 0 Å². The van der Waals surface area contributed by atoms with Gasteiger partial charge in [0.1, 0.15) is 12.1 Å². The first-order valence-corrected chi connectivity index (χ1v) is 7.11. The molecule has 98 valence electrons. The van der Waals surface area contributed by atoms with E-state index in [1.807, 2.05) is 0 Å². The van der Waals surface area contributed by atoms with Crippen molar-refractivity contribution in [1.82, 2.24) is 14.9 Å². The molecule has 3 rings (SSSR count). The lowest BCUT2D eigenvalue weighted by Crippen LogP contribution is -2.32. The Morgan fingerprint density at radius 1 is 1.28 bits per heavy atom. The molecule has 1 unspecified atom stereocenters. The fourth-order valence-electron chi connectivity index (χ4n) is 3.13. The van der Waals surface area contributed by atoms with Gasteiger partial charge in [-0.15, -0.1) is 0 Å². The number of anilines is 1. The van der Waals surface area contributed by atoms with Crippen molar-refractivity contribution in [3.63, 3.8) is 0 Å². The lowest BCUT2D eigenvalue weighted by atomic mass is 9.96. The van der Waals surface area contributed by atoms with Gasteiger partial charge in [0.15, 0.2) is 0 Å². The fourth-order valence-corrected chi connectivity index (χ4v) is 3.13.